The van der Waals surface area contributed by atoms with Gasteiger partial charge in [-0.2, -0.15) is 0 Å². The van der Waals surface area contributed by atoms with E-state index in [0.717, 1.165) is 5.56 Å². The van der Waals surface area contributed by atoms with Gasteiger partial charge in [-0.25, -0.2) is 0 Å². The molecule has 0 aliphatic heterocycles. The van der Waals surface area contributed by atoms with Crippen molar-refractivity contribution in [1.29, 1.82) is 0 Å². The maximum absolute atomic E-state index is 11.4. The second-order valence-corrected chi connectivity index (χ2v) is 5.01. The van der Waals surface area contributed by atoms with Gasteiger partial charge in [-0.15, -0.1) is 0 Å². The van der Waals surface area contributed by atoms with Crippen LogP contribution in [0.3, 0.4) is 0 Å². The summed E-state index contributed by atoms with van der Waals surface area (Å²) in [7, 11) is 0. The molecule has 1 N–H and O–H groups in total. The zero-order chi connectivity index (χ0) is 12.1. The average molecular weight is 325 g/mol. The summed E-state index contributed by atoms with van der Waals surface area (Å²) >= 11 is 14.9. The van der Waals surface area contributed by atoms with E-state index in [2.05, 4.69) is 21.2 Å². The van der Waals surface area contributed by atoms with Crippen LogP contribution in [0.1, 0.15) is 24.9 Å². The summed E-state index contributed by atoms with van der Waals surface area (Å²) in [6.07, 6.45) is 0.464. The van der Waals surface area contributed by atoms with Gasteiger partial charge in [-0.1, -0.05) is 45.2 Å². The van der Waals surface area contributed by atoms with E-state index in [1.54, 1.807) is 12.1 Å². The second-order valence-electron chi connectivity index (χ2n) is 3.40. The quantitative estimate of drug-likeness (QED) is 0.835. The molecule has 0 aliphatic rings. The Morgan fingerprint density at radius 3 is 2.69 bits per heavy atom. The molecule has 0 aromatic heterocycles. The van der Waals surface area contributed by atoms with E-state index >= 15 is 0 Å². The van der Waals surface area contributed by atoms with Gasteiger partial charge in [0, 0.05) is 11.8 Å². The molecule has 1 atom stereocenters. The van der Waals surface area contributed by atoms with Crippen molar-refractivity contribution in [3.63, 3.8) is 0 Å². The molecule has 1 rings (SSSR count). The Bertz CT molecular complexity index is 384. The third kappa shape index (κ3) is 3.96. The average Bonchev–Trinajstić information content (AvgIpc) is 2.22. The van der Waals surface area contributed by atoms with E-state index in [-0.39, 0.29) is 11.9 Å². The largest absolute Gasteiger partial charge is 0.350 e. The fourth-order valence-corrected chi connectivity index (χ4v) is 1.93. The smallest absolute Gasteiger partial charge is 0.221 e. The number of benzene rings is 1. The lowest BCUT2D eigenvalue weighted by Gasteiger charge is -2.14. The highest BCUT2D eigenvalue weighted by Gasteiger charge is 2.10. The van der Waals surface area contributed by atoms with E-state index in [4.69, 9.17) is 23.2 Å². The lowest BCUT2D eigenvalue weighted by Crippen LogP contribution is -2.26. The first-order chi connectivity index (χ1) is 7.54. The third-order valence-electron chi connectivity index (χ3n) is 2.14. The lowest BCUT2D eigenvalue weighted by atomic mass is 10.1. The summed E-state index contributed by atoms with van der Waals surface area (Å²) in [5.74, 6) is 0.00967. The van der Waals surface area contributed by atoms with Crippen molar-refractivity contribution in [2.75, 3.05) is 5.33 Å². The zero-order valence-corrected chi connectivity index (χ0v) is 11.9. The number of carbonyl (C=O) groups excluding carboxylic acids is 1. The van der Waals surface area contributed by atoms with Crippen LogP contribution >= 0.6 is 39.1 Å². The molecule has 0 saturated heterocycles. The van der Waals surface area contributed by atoms with Crippen LogP contribution in [0.15, 0.2) is 18.2 Å². The fourth-order valence-electron chi connectivity index (χ4n) is 1.26. The molecule has 0 radical (unpaired) electrons. The number of rotatable bonds is 4. The highest BCUT2D eigenvalue weighted by Crippen LogP contribution is 2.25. The minimum Gasteiger partial charge on any atom is -0.350 e. The summed E-state index contributed by atoms with van der Waals surface area (Å²) in [6, 6.07) is 5.28. The molecular formula is C11H12BrCl2NO. The van der Waals surface area contributed by atoms with E-state index in [1.807, 2.05) is 13.0 Å². The van der Waals surface area contributed by atoms with Crippen LogP contribution in [-0.2, 0) is 4.79 Å². The summed E-state index contributed by atoms with van der Waals surface area (Å²) in [6.45, 7) is 1.91. The van der Waals surface area contributed by atoms with Crippen molar-refractivity contribution in [1.82, 2.24) is 5.32 Å². The number of halogens is 3. The van der Waals surface area contributed by atoms with Crippen LogP contribution in [0.4, 0.5) is 0 Å². The Morgan fingerprint density at radius 2 is 2.12 bits per heavy atom. The first-order valence-electron chi connectivity index (χ1n) is 4.85. The number of hydrogen-bond acceptors (Lipinski definition) is 1. The molecule has 0 heterocycles. The van der Waals surface area contributed by atoms with Crippen molar-refractivity contribution in [3.8, 4) is 0 Å². The molecule has 0 aliphatic carbocycles. The molecule has 0 saturated carbocycles. The van der Waals surface area contributed by atoms with Gasteiger partial charge < -0.3 is 5.32 Å². The van der Waals surface area contributed by atoms with Gasteiger partial charge in [0.05, 0.1) is 16.1 Å². The summed E-state index contributed by atoms with van der Waals surface area (Å²) < 4.78 is 0. The number of hydrogen-bond donors (Lipinski definition) is 1. The van der Waals surface area contributed by atoms with Crippen LogP contribution in [0.5, 0.6) is 0 Å². The third-order valence-corrected chi connectivity index (χ3v) is 3.28. The highest BCUT2D eigenvalue weighted by atomic mass is 79.9. The second kappa shape index (κ2) is 6.48. The van der Waals surface area contributed by atoms with Crippen molar-refractivity contribution in [3.05, 3.63) is 33.8 Å². The van der Waals surface area contributed by atoms with Gasteiger partial charge in [-0.05, 0) is 24.6 Å². The number of alkyl halides is 1. The standard InChI is InChI=1S/C11H12BrCl2NO/c1-7(15-11(16)4-5-12)8-2-3-9(13)10(14)6-8/h2-3,6-7H,4-5H2,1H3,(H,15,16). The summed E-state index contributed by atoms with van der Waals surface area (Å²) in [5.41, 5.74) is 0.942. The van der Waals surface area contributed by atoms with Gasteiger partial charge in [-0.3, -0.25) is 4.79 Å². The number of amides is 1. The van der Waals surface area contributed by atoms with E-state index in [0.29, 0.717) is 21.8 Å². The summed E-state index contributed by atoms with van der Waals surface area (Å²) in [4.78, 5) is 11.4. The molecule has 88 valence electrons. The number of carbonyl (C=O) groups is 1. The van der Waals surface area contributed by atoms with Crippen LogP contribution in [-0.4, -0.2) is 11.2 Å². The van der Waals surface area contributed by atoms with Gasteiger partial charge >= 0.3 is 0 Å². The maximum atomic E-state index is 11.4. The molecule has 2 nitrogen and oxygen atoms in total. The molecule has 1 unspecified atom stereocenters. The van der Waals surface area contributed by atoms with Crippen LogP contribution in [0.25, 0.3) is 0 Å². The molecule has 1 amide bonds. The fraction of sp³-hybridized carbons (Fsp3) is 0.364. The molecule has 0 bridgehead atoms. The molecule has 1 aromatic rings. The van der Waals surface area contributed by atoms with Crippen molar-refractivity contribution in [2.45, 2.75) is 19.4 Å². The Kier molecular flexibility index (Phi) is 5.59. The van der Waals surface area contributed by atoms with Crippen molar-refractivity contribution in [2.24, 2.45) is 0 Å². The van der Waals surface area contributed by atoms with E-state index in [9.17, 15) is 4.79 Å². The van der Waals surface area contributed by atoms with E-state index in [1.165, 1.54) is 0 Å². The molecule has 16 heavy (non-hydrogen) atoms. The lowest BCUT2D eigenvalue weighted by molar-refractivity contribution is -0.121. The van der Waals surface area contributed by atoms with Gasteiger partial charge in [0.15, 0.2) is 0 Å². The first kappa shape index (κ1) is 13.8. The van der Waals surface area contributed by atoms with Crippen molar-refractivity contribution < 1.29 is 4.79 Å². The molecule has 0 fully saturated rings. The SMILES string of the molecule is CC(NC(=O)CCBr)c1ccc(Cl)c(Cl)c1. The van der Waals surface area contributed by atoms with Crippen LogP contribution < -0.4 is 5.32 Å². The highest BCUT2D eigenvalue weighted by molar-refractivity contribution is 9.09. The van der Waals surface area contributed by atoms with Gasteiger partial charge in [0.2, 0.25) is 5.91 Å². The minimum absolute atomic E-state index is 0.00967. The van der Waals surface area contributed by atoms with Gasteiger partial charge in [0.1, 0.15) is 0 Å². The Hall–Kier alpha value is -0.250. The normalized spacial score (nSPS) is 12.2. The van der Waals surface area contributed by atoms with Gasteiger partial charge in [0.25, 0.3) is 0 Å². The predicted octanol–water partition coefficient (Wildman–Crippen LogP) is 3.96. The summed E-state index contributed by atoms with van der Waals surface area (Å²) in [5, 5.41) is 4.55. The Balaban J connectivity index is 2.69. The molecule has 0 spiro atoms. The molecular weight excluding hydrogens is 313 g/mol. The maximum Gasteiger partial charge on any atom is 0.221 e. The Labute approximate surface area is 113 Å². The topological polar surface area (TPSA) is 29.1 Å². The minimum atomic E-state index is -0.0682. The zero-order valence-electron chi connectivity index (χ0n) is 8.77. The Morgan fingerprint density at radius 1 is 1.44 bits per heavy atom. The van der Waals surface area contributed by atoms with Crippen molar-refractivity contribution >= 4 is 45.0 Å². The first-order valence-corrected chi connectivity index (χ1v) is 6.72. The molecule has 5 heteroatoms. The monoisotopic (exact) mass is 323 g/mol. The van der Waals surface area contributed by atoms with E-state index < -0.39 is 0 Å². The molecule has 1 aromatic carbocycles. The van der Waals surface area contributed by atoms with Crippen LogP contribution in [0, 0.1) is 0 Å². The van der Waals surface area contributed by atoms with Crippen LogP contribution in [0.2, 0.25) is 10.0 Å². The predicted molar refractivity (Wildman–Crippen MR) is 71.4 cm³/mol. The number of nitrogens with one attached hydrogen (secondary N) is 1.